The van der Waals surface area contributed by atoms with Gasteiger partial charge in [0.05, 0.1) is 28.0 Å². The maximum atomic E-state index is 11.1. The molecule has 0 atom stereocenters. The van der Waals surface area contributed by atoms with Crippen molar-refractivity contribution in [1.29, 1.82) is 0 Å². The van der Waals surface area contributed by atoms with Crippen molar-refractivity contribution in [2.24, 2.45) is 5.73 Å². The first-order chi connectivity index (χ1) is 10.2. The quantitative estimate of drug-likeness (QED) is 0.781. The smallest absolute Gasteiger partial charge is 0.251 e. The van der Waals surface area contributed by atoms with E-state index in [0.717, 1.165) is 29.1 Å². The van der Waals surface area contributed by atoms with Crippen LogP contribution in [-0.2, 0) is 0 Å². The van der Waals surface area contributed by atoms with Gasteiger partial charge in [0.25, 0.3) is 5.91 Å². The van der Waals surface area contributed by atoms with Gasteiger partial charge in [0.2, 0.25) is 0 Å². The van der Waals surface area contributed by atoms with Gasteiger partial charge >= 0.3 is 0 Å². The molecule has 0 saturated carbocycles. The monoisotopic (exact) mass is 300 g/mol. The van der Waals surface area contributed by atoms with E-state index < -0.39 is 5.91 Å². The van der Waals surface area contributed by atoms with E-state index in [0.29, 0.717) is 5.56 Å². The van der Waals surface area contributed by atoms with Gasteiger partial charge in [0.15, 0.2) is 0 Å². The van der Waals surface area contributed by atoms with Crippen LogP contribution in [0.2, 0.25) is 0 Å². The molecule has 106 valence electrons. The van der Waals surface area contributed by atoms with Crippen LogP contribution in [0.5, 0.6) is 0 Å². The molecule has 0 aromatic carbocycles. The van der Waals surface area contributed by atoms with Gasteiger partial charge in [-0.05, 0) is 11.4 Å². The third kappa shape index (κ3) is 1.95. The topological polar surface area (TPSA) is 89.9 Å². The number of aromatic nitrogens is 4. The van der Waals surface area contributed by atoms with Crippen LogP contribution in [0.25, 0.3) is 10.2 Å². The van der Waals surface area contributed by atoms with Gasteiger partial charge in [-0.25, -0.2) is 9.97 Å². The number of carbonyl (C=O) groups is 1. The standard InChI is InChI=1S/C13H12N6OS/c14-12(20)8-3-17-19(4-8)9-5-18(6-9)13-11-10(1-2-21-11)15-7-16-13/h1-4,7,9H,5-6H2,(H2,14,20). The molecule has 1 aliphatic heterocycles. The number of hydrogen-bond donors (Lipinski definition) is 1. The van der Waals surface area contributed by atoms with Crippen LogP contribution in [0.4, 0.5) is 5.82 Å². The van der Waals surface area contributed by atoms with E-state index in [1.807, 2.05) is 11.4 Å². The molecule has 21 heavy (non-hydrogen) atoms. The van der Waals surface area contributed by atoms with E-state index >= 15 is 0 Å². The maximum absolute atomic E-state index is 11.1. The number of nitrogens with zero attached hydrogens (tertiary/aromatic N) is 5. The number of thiophene rings is 1. The Morgan fingerprint density at radius 2 is 2.24 bits per heavy atom. The number of amides is 1. The molecule has 7 nitrogen and oxygen atoms in total. The fourth-order valence-electron chi connectivity index (χ4n) is 2.46. The van der Waals surface area contributed by atoms with Crippen LogP contribution in [-0.4, -0.2) is 38.7 Å². The zero-order valence-corrected chi connectivity index (χ0v) is 11.8. The molecule has 0 bridgehead atoms. The highest BCUT2D eigenvalue weighted by atomic mass is 32.1. The van der Waals surface area contributed by atoms with E-state index in [1.54, 1.807) is 28.5 Å². The second kappa shape index (κ2) is 4.52. The SMILES string of the molecule is NC(=O)c1cnn(C2CN(c3ncnc4ccsc34)C2)c1. The van der Waals surface area contributed by atoms with Gasteiger partial charge in [-0.1, -0.05) is 0 Å². The second-order valence-electron chi connectivity index (χ2n) is 4.96. The average molecular weight is 300 g/mol. The summed E-state index contributed by atoms with van der Waals surface area (Å²) >= 11 is 1.65. The number of nitrogens with two attached hydrogens (primary N) is 1. The molecule has 1 aliphatic rings. The summed E-state index contributed by atoms with van der Waals surface area (Å²) in [5.41, 5.74) is 6.65. The van der Waals surface area contributed by atoms with E-state index in [9.17, 15) is 4.79 Å². The first-order valence-corrected chi connectivity index (χ1v) is 7.37. The summed E-state index contributed by atoms with van der Waals surface area (Å²) in [6.45, 7) is 1.62. The number of primary amides is 1. The summed E-state index contributed by atoms with van der Waals surface area (Å²) in [6, 6.07) is 2.23. The van der Waals surface area contributed by atoms with Crippen LogP contribution in [0.1, 0.15) is 16.4 Å². The lowest BCUT2D eigenvalue weighted by atomic mass is 10.1. The van der Waals surface area contributed by atoms with E-state index in [2.05, 4.69) is 20.0 Å². The molecule has 8 heteroatoms. The van der Waals surface area contributed by atoms with Crippen molar-refractivity contribution in [3.8, 4) is 0 Å². The molecule has 0 spiro atoms. The zero-order valence-electron chi connectivity index (χ0n) is 11.0. The van der Waals surface area contributed by atoms with Crippen LogP contribution < -0.4 is 10.6 Å². The Balaban J connectivity index is 1.54. The van der Waals surface area contributed by atoms with Crippen molar-refractivity contribution in [2.75, 3.05) is 18.0 Å². The van der Waals surface area contributed by atoms with E-state index in [-0.39, 0.29) is 6.04 Å². The predicted octanol–water partition coefficient (Wildman–Crippen LogP) is 1.05. The molecule has 1 fully saturated rings. The van der Waals surface area contributed by atoms with Crippen LogP contribution >= 0.6 is 11.3 Å². The summed E-state index contributed by atoms with van der Waals surface area (Å²) in [4.78, 5) is 21.9. The Kier molecular flexibility index (Phi) is 2.64. The minimum absolute atomic E-state index is 0.239. The lowest BCUT2D eigenvalue weighted by Crippen LogP contribution is -2.48. The molecule has 0 unspecified atom stereocenters. The van der Waals surface area contributed by atoms with Crippen molar-refractivity contribution < 1.29 is 4.79 Å². The Bertz CT molecular complexity index is 819. The summed E-state index contributed by atoms with van der Waals surface area (Å²) < 4.78 is 2.90. The summed E-state index contributed by atoms with van der Waals surface area (Å²) in [6.07, 6.45) is 4.80. The number of carbonyl (C=O) groups excluding carboxylic acids is 1. The Morgan fingerprint density at radius 1 is 1.38 bits per heavy atom. The average Bonchev–Trinajstić information content (AvgIpc) is 3.05. The molecule has 0 aliphatic carbocycles. The Labute approximate surface area is 124 Å². The zero-order chi connectivity index (χ0) is 14.4. The highest BCUT2D eigenvalue weighted by Gasteiger charge is 2.31. The van der Waals surface area contributed by atoms with Crippen molar-refractivity contribution in [2.45, 2.75) is 6.04 Å². The highest BCUT2D eigenvalue weighted by molar-refractivity contribution is 7.17. The molecular formula is C13H12N6OS. The van der Waals surface area contributed by atoms with Crippen molar-refractivity contribution in [1.82, 2.24) is 19.7 Å². The predicted molar refractivity (Wildman–Crippen MR) is 79.4 cm³/mol. The molecule has 2 N–H and O–H groups in total. The summed E-state index contributed by atoms with van der Waals surface area (Å²) in [7, 11) is 0. The Morgan fingerprint density at radius 3 is 3.00 bits per heavy atom. The number of anilines is 1. The number of rotatable bonds is 3. The van der Waals surface area contributed by atoms with Gasteiger partial charge in [-0.15, -0.1) is 11.3 Å². The largest absolute Gasteiger partial charge is 0.366 e. The van der Waals surface area contributed by atoms with Crippen LogP contribution in [0, 0.1) is 0 Å². The fraction of sp³-hybridized carbons (Fsp3) is 0.231. The molecule has 4 rings (SSSR count). The van der Waals surface area contributed by atoms with E-state index in [4.69, 9.17) is 5.73 Å². The molecule has 3 aromatic heterocycles. The van der Waals surface area contributed by atoms with Crippen molar-refractivity contribution in [3.63, 3.8) is 0 Å². The molecule has 1 amide bonds. The lowest BCUT2D eigenvalue weighted by molar-refractivity contribution is 0.1000. The minimum atomic E-state index is -0.450. The lowest BCUT2D eigenvalue weighted by Gasteiger charge is -2.40. The number of hydrogen-bond acceptors (Lipinski definition) is 6. The molecule has 1 saturated heterocycles. The third-order valence-corrected chi connectivity index (χ3v) is 4.55. The van der Waals surface area contributed by atoms with Gasteiger partial charge in [-0.3, -0.25) is 9.48 Å². The first-order valence-electron chi connectivity index (χ1n) is 6.49. The molecule has 0 radical (unpaired) electrons. The highest BCUT2D eigenvalue weighted by Crippen LogP contribution is 2.33. The van der Waals surface area contributed by atoms with Gasteiger partial charge in [-0.2, -0.15) is 5.10 Å². The fourth-order valence-corrected chi connectivity index (χ4v) is 3.32. The van der Waals surface area contributed by atoms with Crippen LogP contribution in [0.3, 0.4) is 0 Å². The first kappa shape index (κ1) is 12.3. The van der Waals surface area contributed by atoms with Crippen molar-refractivity contribution in [3.05, 3.63) is 35.7 Å². The molecule has 4 heterocycles. The third-order valence-electron chi connectivity index (χ3n) is 3.65. The second-order valence-corrected chi connectivity index (χ2v) is 5.88. The summed E-state index contributed by atoms with van der Waals surface area (Å²) in [5, 5.41) is 6.22. The van der Waals surface area contributed by atoms with E-state index in [1.165, 1.54) is 6.20 Å². The van der Waals surface area contributed by atoms with Gasteiger partial charge in [0, 0.05) is 19.3 Å². The van der Waals surface area contributed by atoms with Crippen molar-refractivity contribution >= 4 is 33.3 Å². The Hall–Kier alpha value is -2.48. The van der Waals surface area contributed by atoms with Gasteiger partial charge < -0.3 is 10.6 Å². The normalized spacial score (nSPS) is 15.3. The van der Waals surface area contributed by atoms with Gasteiger partial charge in [0.1, 0.15) is 12.1 Å². The molecule has 3 aromatic rings. The summed E-state index contributed by atoms with van der Waals surface area (Å²) in [5.74, 6) is 0.516. The number of fused-ring (bicyclic) bond motifs is 1. The van der Waals surface area contributed by atoms with Crippen LogP contribution in [0.15, 0.2) is 30.2 Å². The molecular weight excluding hydrogens is 288 g/mol. The minimum Gasteiger partial charge on any atom is -0.366 e. The maximum Gasteiger partial charge on any atom is 0.251 e.